The molecule has 0 aliphatic rings. The van der Waals surface area contributed by atoms with Crippen molar-refractivity contribution >= 4 is 33.5 Å². The van der Waals surface area contributed by atoms with Crippen LogP contribution in [0.1, 0.15) is 68.3 Å². The van der Waals surface area contributed by atoms with Crippen LogP contribution in [0.25, 0.3) is 0 Å². The van der Waals surface area contributed by atoms with Gasteiger partial charge in [-0.1, -0.05) is 39.2 Å². The zero-order chi connectivity index (χ0) is 22.5. The molecule has 0 unspecified atom stereocenters. The number of carbonyl (C=O) groups excluding carboxylic acids is 2. The van der Waals surface area contributed by atoms with Crippen LogP contribution in [0.15, 0.2) is 46.9 Å². The third-order valence-electron chi connectivity index (χ3n) is 4.85. The molecule has 0 heterocycles. The Morgan fingerprint density at radius 2 is 1.71 bits per heavy atom. The molecule has 0 radical (unpaired) electrons. The lowest BCUT2D eigenvalue weighted by Crippen LogP contribution is -2.13. The quantitative estimate of drug-likeness (QED) is 0.256. The summed E-state index contributed by atoms with van der Waals surface area (Å²) in [5.41, 5.74) is 2.38. The number of aryl methyl sites for hydroxylation is 1. The summed E-state index contributed by atoms with van der Waals surface area (Å²) >= 11 is 3.52. The molecular formula is C25H32BrNO4. The number of amides is 1. The van der Waals surface area contributed by atoms with Crippen molar-refractivity contribution in [1.82, 2.24) is 0 Å². The van der Waals surface area contributed by atoms with Gasteiger partial charge in [-0.05, 0) is 77.2 Å². The fraction of sp³-hybridized carbons (Fsp3) is 0.440. The Morgan fingerprint density at radius 3 is 2.39 bits per heavy atom. The molecule has 31 heavy (non-hydrogen) atoms. The maximum absolute atomic E-state index is 12.2. The molecule has 0 aliphatic carbocycles. The third kappa shape index (κ3) is 9.13. The van der Waals surface area contributed by atoms with Crippen molar-refractivity contribution in [2.24, 2.45) is 0 Å². The minimum Gasteiger partial charge on any atom is -0.492 e. The third-order valence-corrected chi connectivity index (χ3v) is 5.47. The van der Waals surface area contributed by atoms with Crippen LogP contribution in [-0.2, 0) is 16.0 Å². The molecule has 2 rings (SSSR count). The van der Waals surface area contributed by atoms with Gasteiger partial charge in [0.05, 0.1) is 23.2 Å². The van der Waals surface area contributed by atoms with E-state index < -0.39 is 0 Å². The van der Waals surface area contributed by atoms with Crippen molar-refractivity contribution in [3.63, 3.8) is 0 Å². The second-order valence-electron chi connectivity index (χ2n) is 7.39. The van der Waals surface area contributed by atoms with E-state index >= 15 is 0 Å². The Bertz CT molecular complexity index is 836. The molecule has 0 atom stereocenters. The fourth-order valence-corrected chi connectivity index (χ4v) is 3.53. The largest absolute Gasteiger partial charge is 0.492 e. The number of hydrogen-bond donors (Lipinski definition) is 1. The van der Waals surface area contributed by atoms with E-state index in [2.05, 4.69) is 35.1 Å². The van der Waals surface area contributed by atoms with Crippen molar-refractivity contribution < 1.29 is 19.1 Å². The van der Waals surface area contributed by atoms with Gasteiger partial charge in [0.15, 0.2) is 0 Å². The van der Waals surface area contributed by atoms with Crippen LogP contribution >= 0.6 is 15.9 Å². The number of carbonyl (C=O) groups is 2. The second-order valence-corrected chi connectivity index (χ2v) is 8.25. The lowest BCUT2D eigenvalue weighted by atomic mass is 10.2. The molecule has 5 nitrogen and oxygen atoms in total. The molecular weight excluding hydrogens is 458 g/mol. The summed E-state index contributed by atoms with van der Waals surface area (Å²) in [4.78, 5) is 24.2. The van der Waals surface area contributed by atoms with Gasteiger partial charge < -0.3 is 14.8 Å². The smallest absolute Gasteiger partial charge is 0.338 e. The molecule has 0 saturated heterocycles. The Morgan fingerprint density at radius 1 is 0.935 bits per heavy atom. The lowest BCUT2D eigenvalue weighted by Gasteiger charge is -2.10. The van der Waals surface area contributed by atoms with E-state index in [1.165, 1.54) is 5.56 Å². The van der Waals surface area contributed by atoms with E-state index in [1.54, 1.807) is 24.3 Å². The zero-order valence-electron chi connectivity index (χ0n) is 18.4. The second kappa shape index (κ2) is 13.9. The monoisotopic (exact) mass is 489 g/mol. The summed E-state index contributed by atoms with van der Waals surface area (Å²) in [5, 5.41) is 2.84. The summed E-state index contributed by atoms with van der Waals surface area (Å²) in [5.74, 6) is 0.366. The van der Waals surface area contributed by atoms with Crippen molar-refractivity contribution in [2.45, 2.75) is 58.8 Å². The summed E-state index contributed by atoms with van der Waals surface area (Å²) in [6.45, 7) is 5.15. The number of nitrogens with one attached hydrogen (secondary N) is 1. The normalized spacial score (nSPS) is 10.5. The van der Waals surface area contributed by atoms with Crippen molar-refractivity contribution in [2.75, 3.05) is 18.5 Å². The topological polar surface area (TPSA) is 64.6 Å². The van der Waals surface area contributed by atoms with Crippen molar-refractivity contribution in [1.29, 1.82) is 0 Å². The first kappa shape index (κ1) is 24.9. The van der Waals surface area contributed by atoms with Crippen molar-refractivity contribution in [3.8, 4) is 5.75 Å². The van der Waals surface area contributed by atoms with Gasteiger partial charge in [-0.15, -0.1) is 0 Å². The number of anilines is 1. The average molecular weight is 490 g/mol. The summed E-state index contributed by atoms with van der Waals surface area (Å²) in [6.07, 6.45) is 6.20. The van der Waals surface area contributed by atoms with Crippen LogP contribution in [0.3, 0.4) is 0 Å². The first-order valence-corrected chi connectivity index (χ1v) is 11.8. The summed E-state index contributed by atoms with van der Waals surface area (Å²) in [7, 11) is 0. The van der Waals surface area contributed by atoms with Crippen LogP contribution in [0, 0.1) is 0 Å². The fourth-order valence-electron chi connectivity index (χ4n) is 2.99. The van der Waals surface area contributed by atoms with Crippen LogP contribution in [-0.4, -0.2) is 25.1 Å². The number of hydrogen-bond acceptors (Lipinski definition) is 4. The van der Waals surface area contributed by atoms with Gasteiger partial charge in [-0.2, -0.15) is 0 Å². The maximum Gasteiger partial charge on any atom is 0.338 e. The standard InChI is InChI=1S/C25H32BrNO4/c1-3-5-6-7-16-31-25(29)20-11-13-21(14-12-20)27-24(28)9-8-17-30-23-15-10-19(4-2)18-22(23)26/h10-15,18H,3-9,16-17H2,1-2H3,(H,27,28). The molecule has 0 spiro atoms. The number of benzene rings is 2. The SMILES string of the molecule is CCCCCCOC(=O)c1ccc(NC(=O)CCCOc2ccc(CC)cc2Br)cc1. The van der Waals surface area contributed by atoms with Gasteiger partial charge in [0.2, 0.25) is 5.91 Å². The highest BCUT2D eigenvalue weighted by Crippen LogP contribution is 2.26. The first-order valence-electron chi connectivity index (χ1n) is 11.0. The molecule has 168 valence electrons. The number of halogens is 1. The minimum absolute atomic E-state index is 0.0877. The first-order chi connectivity index (χ1) is 15.0. The van der Waals surface area contributed by atoms with Gasteiger partial charge in [0.25, 0.3) is 0 Å². The van der Waals surface area contributed by atoms with Gasteiger partial charge in [0.1, 0.15) is 5.75 Å². The lowest BCUT2D eigenvalue weighted by molar-refractivity contribution is -0.116. The maximum atomic E-state index is 12.2. The van der Waals surface area contributed by atoms with E-state index in [-0.39, 0.29) is 11.9 Å². The Balaban J connectivity index is 1.68. The predicted octanol–water partition coefficient (Wildman–Crippen LogP) is 6.55. The number of unbranched alkanes of at least 4 members (excludes halogenated alkanes) is 3. The summed E-state index contributed by atoms with van der Waals surface area (Å²) in [6, 6.07) is 12.8. The highest BCUT2D eigenvalue weighted by molar-refractivity contribution is 9.10. The van der Waals surface area contributed by atoms with Gasteiger partial charge in [0, 0.05) is 12.1 Å². The Hall–Kier alpha value is -2.34. The van der Waals surface area contributed by atoms with Crippen LogP contribution in [0.4, 0.5) is 5.69 Å². The van der Waals surface area contributed by atoms with E-state index in [4.69, 9.17) is 9.47 Å². The highest BCUT2D eigenvalue weighted by atomic mass is 79.9. The van der Waals surface area contributed by atoms with E-state index in [1.807, 2.05) is 18.2 Å². The number of esters is 1. The van der Waals surface area contributed by atoms with Crippen LogP contribution in [0.2, 0.25) is 0 Å². The van der Waals surface area contributed by atoms with Crippen molar-refractivity contribution in [3.05, 3.63) is 58.1 Å². The van der Waals surface area contributed by atoms with Crippen LogP contribution < -0.4 is 10.1 Å². The van der Waals surface area contributed by atoms with Gasteiger partial charge in [-0.3, -0.25) is 4.79 Å². The molecule has 0 aromatic heterocycles. The predicted molar refractivity (Wildman–Crippen MR) is 128 cm³/mol. The van der Waals surface area contributed by atoms with Gasteiger partial charge in [-0.25, -0.2) is 4.79 Å². The average Bonchev–Trinajstić information content (AvgIpc) is 2.77. The molecule has 1 amide bonds. The van der Waals surface area contributed by atoms with E-state index in [0.29, 0.717) is 37.3 Å². The Kier molecular flexibility index (Phi) is 11.1. The molecule has 0 saturated carbocycles. The zero-order valence-corrected chi connectivity index (χ0v) is 20.0. The summed E-state index contributed by atoms with van der Waals surface area (Å²) < 4.78 is 12.0. The molecule has 2 aromatic rings. The molecule has 6 heteroatoms. The van der Waals surface area contributed by atoms with E-state index in [0.717, 1.165) is 42.3 Å². The molecule has 0 fully saturated rings. The molecule has 0 aliphatic heterocycles. The number of rotatable bonds is 13. The number of ether oxygens (including phenoxy) is 2. The van der Waals surface area contributed by atoms with Gasteiger partial charge >= 0.3 is 5.97 Å². The molecule has 2 aromatic carbocycles. The molecule has 0 bridgehead atoms. The minimum atomic E-state index is -0.329. The Labute approximate surface area is 193 Å². The van der Waals surface area contributed by atoms with Crippen LogP contribution in [0.5, 0.6) is 5.75 Å². The van der Waals surface area contributed by atoms with E-state index in [9.17, 15) is 9.59 Å². The highest BCUT2D eigenvalue weighted by Gasteiger charge is 2.08. The molecule has 1 N–H and O–H groups in total.